The minimum atomic E-state index is -1.19. The van der Waals surface area contributed by atoms with Gasteiger partial charge in [-0.1, -0.05) is 119 Å². The average molecular weight is 967 g/mol. The lowest BCUT2D eigenvalue weighted by atomic mass is 9.70. The highest BCUT2D eigenvalue weighted by Gasteiger charge is 2.56. The highest BCUT2D eigenvalue weighted by atomic mass is 16.5. The summed E-state index contributed by atoms with van der Waals surface area (Å²) in [6.45, 7) is 4.94. The second-order valence-corrected chi connectivity index (χ2v) is 20.8. The number of unbranched alkanes of at least 4 members (excludes halogenated alkanes) is 2. The quantitative estimate of drug-likeness (QED) is 0.0649. The number of amides is 5. The van der Waals surface area contributed by atoms with Crippen LogP contribution in [0.4, 0.5) is 21.0 Å². The van der Waals surface area contributed by atoms with Crippen molar-refractivity contribution in [2.24, 2.45) is 11.3 Å². The van der Waals surface area contributed by atoms with Crippen LogP contribution in [0.15, 0.2) is 97.1 Å². The molecule has 9 rings (SSSR count). The third-order valence-electron chi connectivity index (χ3n) is 16.3. The van der Waals surface area contributed by atoms with Gasteiger partial charge in [0.15, 0.2) is 0 Å². The zero-order chi connectivity index (χ0) is 49.9. The van der Waals surface area contributed by atoms with Gasteiger partial charge >= 0.3 is 12.2 Å². The lowest BCUT2D eigenvalue weighted by Gasteiger charge is -2.34. The van der Waals surface area contributed by atoms with Crippen molar-refractivity contribution in [3.8, 4) is 11.1 Å². The van der Waals surface area contributed by atoms with Crippen molar-refractivity contribution in [3.05, 3.63) is 119 Å². The first kappa shape index (κ1) is 49.7. The lowest BCUT2D eigenvalue weighted by molar-refractivity contribution is -0.137. The summed E-state index contributed by atoms with van der Waals surface area (Å²) in [5.74, 6) is -0.315. The molecule has 0 aromatic heterocycles. The van der Waals surface area contributed by atoms with Crippen LogP contribution in [0.1, 0.15) is 138 Å². The van der Waals surface area contributed by atoms with Crippen LogP contribution in [-0.2, 0) is 29.3 Å². The number of aliphatic hydroxyl groups excluding tert-OH is 1. The third-order valence-corrected chi connectivity index (χ3v) is 16.3. The molecule has 4 aromatic carbocycles. The van der Waals surface area contributed by atoms with Gasteiger partial charge in [0.1, 0.15) is 12.3 Å². The number of benzene rings is 4. The molecule has 7 atom stereocenters. The Bertz CT molecular complexity index is 2580. The number of hydrogen-bond donors (Lipinski definition) is 5. The summed E-state index contributed by atoms with van der Waals surface area (Å²) >= 11 is 0. The van der Waals surface area contributed by atoms with E-state index in [9.17, 15) is 29.1 Å². The summed E-state index contributed by atoms with van der Waals surface area (Å²) in [7, 11) is 2.57. The van der Waals surface area contributed by atoms with Crippen molar-refractivity contribution in [2.75, 3.05) is 31.4 Å². The average Bonchev–Trinajstić information content (AvgIpc) is 3.61. The predicted octanol–water partition coefficient (Wildman–Crippen LogP) is 9.74. The Morgan fingerprint density at radius 1 is 0.746 bits per heavy atom. The van der Waals surface area contributed by atoms with E-state index in [2.05, 4.69) is 59.4 Å². The summed E-state index contributed by atoms with van der Waals surface area (Å²) in [4.78, 5) is 72.3. The molecule has 5 aliphatic rings. The van der Waals surface area contributed by atoms with E-state index in [1.807, 2.05) is 82.6 Å². The number of carbonyl (C=O) groups excluding carboxylic acids is 5. The van der Waals surface area contributed by atoms with Crippen molar-refractivity contribution in [2.45, 2.75) is 146 Å². The Balaban J connectivity index is 0.960. The lowest BCUT2D eigenvalue weighted by Crippen LogP contribution is -2.51. The van der Waals surface area contributed by atoms with E-state index in [0.717, 1.165) is 99.3 Å². The number of likely N-dealkylation sites (tertiary alicyclic amines) is 2. The van der Waals surface area contributed by atoms with Gasteiger partial charge in [0, 0.05) is 41.8 Å². The summed E-state index contributed by atoms with van der Waals surface area (Å²) < 4.78 is 9.88. The molecule has 1 spiro atoms. The summed E-state index contributed by atoms with van der Waals surface area (Å²) in [6.07, 6.45) is 9.47. The van der Waals surface area contributed by atoms with Crippen LogP contribution in [0.25, 0.3) is 11.1 Å². The first-order valence-corrected chi connectivity index (χ1v) is 25.9. The zero-order valence-electron chi connectivity index (χ0n) is 41.6. The van der Waals surface area contributed by atoms with E-state index in [1.165, 1.54) is 14.2 Å². The van der Waals surface area contributed by atoms with Crippen LogP contribution >= 0.6 is 0 Å². The van der Waals surface area contributed by atoms with Gasteiger partial charge in [0.05, 0.1) is 26.3 Å². The Morgan fingerprint density at radius 2 is 1.34 bits per heavy atom. The number of anilines is 2. The van der Waals surface area contributed by atoms with E-state index in [4.69, 9.17) is 9.47 Å². The van der Waals surface area contributed by atoms with Gasteiger partial charge in [-0.2, -0.15) is 0 Å². The zero-order valence-corrected chi connectivity index (χ0v) is 41.6. The van der Waals surface area contributed by atoms with Crippen LogP contribution in [0.2, 0.25) is 0 Å². The fourth-order valence-corrected chi connectivity index (χ4v) is 12.6. The van der Waals surface area contributed by atoms with Gasteiger partial charge in [-0.25, -0.2) is 9.59 Å². The molecule has 0 bridgehead atoms. The molecule has 3 aliphatic carbocycles. The SMILES string of the molecule is CCCCC1(CCCC)c2cc(NC(=O)C[C@@H]3C[C@H]4CCC[C@H]4N3C(=O)[C@H](NC(=O)OC)c3ccccc3)ccc2-c2ccc(NC(=O)[C@@H]3CC4(CC4)CN3C(O)[C@H](NC(=O)OC)c3ccccc3)cc21. The molecule has 4 fully saturated rings. The Kier molecular flexibility index (Phi) is 14.9. The minimum absolute atomic E-state index is 0.00209. The van der Waals surface area contributed by atoms with E-state index in [1.54, 1.807) is 0 Å². The number of nitrogens with one attached hydrogen (secondary N) is 4. The number of ether oxygens (including phenoxy) is 2. The second-order valence-electron chi connectivity index (χ2n) is 20.8. The van der Waals surface area contributed by atoms with Crippen molar-refractivity contribution in [1.82, 2.24) is 20.4 Å². The maximum atomic E-state index is 14.6. The number of rotatable bonds is 18. The topological polar surface area (TPSA) is 179 Å². The molecule has 0 radical (unpaired) electrons. The fraction of sp³-hybridized carbons (Fsp3) is 0.491. The number of fused-ring (bicyclic) bond motifs is 4. The molecule has 2 saturated carbocycles. The number of methoxy groups -OCH3 is 2. The van der Waals surface area contributed by atoms with E-state index >= 15 is 0 Å². The summed E-state index contributed by atoms with van der Waals surface area (Å²) in [6, 6.07) is 28.2. The maximum Gasteiger partial charge on any atom is 0.407 e. The first-order chi connectivity index (χ1) is 34.4. The van der Waals surface area contributed by atoms with Crippen molar-refractivity contribution in [3.63, 3.8) is 0 Å². The van der Waals surface area contributed by atoms with E-state index in [-0.39, 0.29) is 53.0 Å². The third kappa shape index (κ3) is 10.2. The molecule has 1 unspecified atom stereocenters. The summed E-state index contributed by atoms with van der Waals surface area (Å²) in [5, 5.41) is 24.2. The molecule has 4 aromatic rings. The van der Waals surface area contributed by atoms with Crippen molar-refractivity contribution >= 4 is 41.3 Å². The molecule has 71 heavy (non-hydrogen) atoms. The molecule has 2 heterocycles. The number of hydrogen-bond acceptors (Lipinski definition) is 9. The molecular weight excluding hydrogens is 897 g/mol. The molecule has 2 aliphatic heterocycles. The highest BCUT2D eigenvalue weighted by molar-refractivity contribution is 5.97. The van der Waals surface area contributed by atoms with Gasteiger partial charge in [0.25, 0.3) is 0 Å². The minimum Gasteiger partial charge on any atom is -0.453 e. The van der Waals surface area contributed by atoms with Gasteiger partial charge < -0.3 is 40.7 Å². The monoisotopic (exact) mass is 967 g/mol. The van der Waals surface area contributed by atoms with E-state index in [0.29, 0.717) is 35.5 Å². The van der Waals surface area contributed by atoms with Crippen LogP contribution in [0.3, 0.4) is 0 Å². The molecule has 14 nitrogen and oxygen atoms in total. The molecule has 5 amide bonds. The van der Waals surface area contributed by atoms with Gasteiger partial charge in [-0.15, -0.1) is 0 Å². The van der Waals surface area contributed by atoms with Crippen LogP contribution in [0, 0.1) is 11.3 Å². The van der Waals surface area contributed by atoms with Crippen LogP contribution in [0.5, 0.6) is 0 Å². The number of aliphatic hydroxyl groups is 1. The molecule has 376 valence electrons. The summed E-state index contributed by atoms with van der Waals surface area (Å²) in [5.41, 5.74) is 6.84. The molecule has 2 saturated heterocycles. The van der Waals surface area contributed by atoms with Crippen LogP contribution < -0.4 is 21.3 Å². The molecule has 14 heteroatoms. The van der Waals surface area contributed by atoms with E-state index < -0.39 is 36.5 Å². The normalized spacial score (nSPS) is 22.4. The smallest absolute Gasteiger partial charge is 0.407 e. The van der Waals surface area contributed by atoms with Gasteiger partial charge in [-0.05, 0) is 120 Å². The fourth-order valence-electron chi connectivity index (χ4n) is 12.6. The molecular formula is C57H70N6O8. The van der Waals surface area contributed by atoms with Crippen LogP contribution in [-0.4, -0.2) is 89.9 Å². The Hall–Kier alpha value is -6.25. The highest BCUT2D eigenvalue weighted by Crippen LogP contribution is 2.57. The predicted molar refractivity (Wildman–Crippen MR) is 272 cm³/mol. The van der Waals surface area contributed by atoms with Gasteiger partial charge in [-0.3, -0.25) is 19.3 Å². The first-order valence-electron chi connectivity index (χ1n) is 25.9. The number of carbonyl (C=O) groups is 5. The second kappa shape index (κ2) is 21.2. The number of nitrogens with zero attached hydrogens (tertiary/aromatic N) is 2. The van der Waals surface area contributed by atoms with Crippen molar-refractivity contribution < 1.29 is 38.6 Å². The standard InChI is InChI=1S/C57H70N6O8/c1-5-7-26-57(27-8-6-2)44-31-39(58-48(64)33-41-30-38-20-15-21-46(38)63(41)53(67)50(61-55(69)71-4)37-18-13-10-14-19-37)22-24-42(44)43-25-23-40(32-45(43)57)59-51(65)47-34-56(28-29-56)35-62(47)52(66)49(60-54(68)70-3)36-16-11-9-12-17-36/h9-14,16-19,22-25,31-32,38,41,46-47,49-50,52,66H,5-8,15,20-21,26-30,33-35H2,1-4H3,(H,58,64)(H,59,65)(H,60,68)(H,61,69)/t38-,41+,46-,47+,49-,50-,52?/m1/s1. The van der Waals surface area contributed by atoms with Gasteiger partial charge in [0.2, 0.25) is 17.7 Å². The number of alkyl carbamates (subject to hydrolysis) is 2. The Morgan fingerprint density at radius 3 is 1.93 bits per heavy atom. The largest absolute Gasteiger partial charge is 0.453 e. The Labute approximate surface area is 417 Å². The molecule has 5 N–H and O–H groups in total. The maximum absolute atomic E-state index is 14.6. The van der Waals surface area contributed by atoms with Crippen molar-refractivity contribution in [1.29, 1.82) is 0 Å².